The summed E-state index contributed by atoms with van der Waals surface area (Å²) in [6.07, 6.45) is 3.05. The van der Waals surface area contributed by atoms with Gasteiger partial charge in [0.05, 0.1) is 0 Å². The number of nitrogens with one attached hydrogen (secondary N) is 2. The molecular weight excluding hydrogens is 330 g/mol. The summed E-state index contributed by atoms with van der Waals surface area (Å²) in [6, 6.07) is 11.2. The number of furan rings is 1. The second kappa shape index (κ2) is 8.76. The molecule has 26 heavy (non-hydrogen) atoms. The quantitative estimate of drug-likeness (QED) is 0.831. The molecule has 2 amide bonds. The fourth-order valence-corrected chi connectivity index (χ4v) is 3.01. The molecule has 1 aliphatic rings. The largest absolute Gasteiger partial charge is 0.490 e. The molecule has 2 aromatic rings. The van der Waals surface area contributed by atoms with E-state index in [1.807, 2.05) is 43.3 Å². The van der Waals surface area contributed by atoms with Crippen LogP contribution >= 0.6 is 0 Å². The lowest BCUT2D eigenvalue weighted by molar-refractivity contribution is 0.114. The van der Waals surface area contributed by atoms with Gasteiger partial charge in [0, 0.05) is 31.7 Å². The molecule has 140 valence electrons. The summed E-state index contributed by atoms with van der Waals surface area (Å²) >= 11 is 0. The van der Waals surface area contributed by atoms with Crippen molar-refractivity contribution in [1.82, 2.24) is 10.2 Å². The number of aryl methyl sites for hydroxylation is 1. The molecule has 1 saturated heterocycles. The van der Waals surface area contributed by atoms with Crippen LogP contribution in [0.15, 0.2) is 40.8 Å². The van der Waals surface area contributed by atoms with Crippen molar-refractivity contribution < 1.29 is 13.9 Å². The molecule has 1 fully saturated rings. The van der Waals surface area contributed by atoms with Gasteiger partial charge in [-0.15, -0.1) is 0 Å². The van der Waals surface area contributed by atoms with Crippen LogP contribution in [-0.2, 0) is 6.42 Å². The van der Waals surface area contributed by atoms with Gasteiger partial charge in [-0.2, -0.15) is 0 Å². The first-order chi connectivity index (χ1) is 12.6. The van der Waals surface area contributed by atoms with Gasteiger partial charge < -0.3 is 24.7 Å². The number of rotatable bonds is 6. The van der Waals surface area contributed by atoms with Crippen LogP contribution in [0.2, 0.25) is 0 Å². The summed E-state index contributed by atoms with van der Waals surface area (Å²) in [6.45, 7) is 4.57. The van der Waals surface area contributed by atoms with E-state index in [4.69, 9.17) is 9.15 Å². The second-order valence-corrected chi connectivity index (χ2v) is 6.79. The van der Waals surface area contributed by atoms with E-state index < -0.39 is 0 Å². The standard InChI is InChI=1S/C20H27N3O3/c1-15-3-6-18(25-15)9-12-21-20(24)22-16-4-7-17(8-5-16)26-19-10-13-23(2)14-11-19/h3-8,19H,9-14H2,1-2H3,(H2,21,22,24). The fourth-order valence-electron chi connectivity index (χ4n) is 3.01. The molecular formula is C20H27N3O3. The first-order valence-electron chi connectivity index (χ1n) is 9.14. The predicted molar refractivity (Wildman–Crippen MR) is 102 cm³/mol. The third-order valence-electron chi connectivity index (χ3n) is 4.53. The molecule has 0 aliphatic carbocycles. The summed E-state index contributed by atoms with van der Waals surface area (Å²) in [4.78, 5) is 14.3. The van der Waals surface area contributed by atoms with E-state index in [9.17, 15) is 4.79 Å². The van der Waals surface area contributed by atoms with Crippen LogP contribution < -0.4 is 15.4 Å². The number of urea groups is 1. The SMILES string of the molecule is Cc1ccc(CCNC(=O)Nc2ccc(OC3CCN(C)CC3)cc2)o1. The van der Waals surface area contributed by atoms with Crippen molar-refractivity contribution in [1.29, 1.82) is 0 Å². The molecule has 0 spiro atoms. The van der Waals surface area contributed by atoms with E-state index in [1.54, 1.807) is 0 Å². The molecule has 0 atom stereocenters. The number of carbonyl (C=O) groups excluding carboxylic acids is 1. The number of anilines is 1. The van der Waals surface area contributed by atoms with Crippen molar-refractivity contribution in [2.45, 2.75) is 32.3 Å². The number of hydrogen-bond donors (Lipinski definition) is 2. The molecule has 0 radical (unpaired) electrons. The Morgan fingerprint density at radius 3 is 2.58 bits per heavy atom. The van der Waals surface area contributed by atoms with Crippen LogP contribution in [0, 0.1) is 6.92 Å². The number of benzene rings is 1. The van der Waals surface area contributed by atoms with Crippen LogP contribution in [0.5, 0.6) is 5.75 Å². The van der Waals surface area contributed by atoms with Crippen molar-refractivity contribution in [2.24, 2.45) is 0 Å². The number of carbonyl (C=O) groups is 1. The zero-order valence-electron chi connectivity index (χ0n) is 15.5. The number of ether oxygens (including phenoxy) is 1. The molecule has 6 heteroatoms. The molecule has 1 aliphatic heterocycles. The molecule has 1 aromatic heterocycles. The molecule has 6 nitrogen and oxygen atoms in total. The average molecular weight is 357 g/mol. The summed E-state index contributed by atoms with van der Waals surface area (Å²) in [5.41, 5.74) is 0.743. The van der Waals surface area contributed by atoms with Crippen molar-refractivity contribution in [2.75, 3.05) is 32.0 Å². The third-order valence-corrected chi connectivity index (χ3v) is 4.53. The molecule has 0 unspecified atom stereocenters. The summed E-state index contributed by atoms with van der Waals surface area (Å²) < 4.78 is 11.5. The molecule has 0 bridgehead atoms. The van der Waals surface area contributed by atoms with Crippen molar-refractivity contribution in [3.05, 3.63) is 47.9 Å². The average Bonchev–Trinajstić information content (AvgIpc) is 3.04. The van der Waals surface area contributed by atoms with Gasteiger partial charge in [0.1, 0.15) is 23.4 Å². The number of amides is 2. The highest BCUT2D eigenvalue weighted by Gasteiger charge is 2.17. The van der Waals surface area contributed by atoms with Gasteiger partial charge in [0.15, 0.2) is 0 Å². The Morgan fingerprint density at radius 1 is 1.19 bits per heavy atom. The van der Waals surface area contributed by atoms with Crippen LogP contribution in [0.3, 0.4) is 0 Å². The molecule has 2 N–H and O–H groups in total. The Balaban J connectivity index is 1.39. The predicted octanol–water partition coefficient (Wildman–Crippen LogP) is 3.43. The van der Waals surface area contributed by atoms with Gasteiger partial charge in [-0.1, -0.05) is 0 Å². The lowest BCUT2D eigenvalue weighted by Gasteiger charge is -2.29. The van der Waals surface area contributed by atoms with Gasteiger partial charge >= 0.3 is 6.03 Å². The second-order valence-electron chi connectivity index (χ2n) is 6.79. The first-order valence-corrected chi connectivity index (χ1v) is 9.14. The van der Waals surface area contributed by atoms with Crippen LogP contribution in [0.4, 0.5) is 10.5 Å². The van der Waals surface area contributed by atoms with Crippen LogP contribution in [0.25, 0.3) is 0 Å². The van der Waals surface area contributed by atoms with Gasteiger partial charge in [-0.25, -0.2) is 4.79 Å². The minimum absolute atomic E-state index is 0.225. The van der Waals surface area contributed by atoms with Crippen molar-refractivity contribution >= 4 is 11.7 Å². The van der Waals surface area contributed by atoms with E-state index in [1.165, 1.54) is 0 Å². The molecule has 1 aromatic carbocycles. The van der Waals surface area contributed by atoms with Crippen LogP contribution in [-0.4, -0.2) is 43.7 Å². The lowest BCUT2D eigenvalue weighted by atomic mass is 10.1. The number of likely N-dealkylation sites (tertiary alicyclic amines) is 1. The maximum absolute atomic E-state index is 12.0. The zero-order valence-corrected chi connectivity index (χ0v) is 15.5. The van der Waals surface area contributed by atoms with Gasteiger partial charge in [0.25, 0.3) is 0 Å². The highest BCUT2D eigenvalue weighted by atomic mass is 16.5. The third kappa shape index (κ3) is 5.52. The molecule has 3 rings (SSSR count). The van der Waals surface area contributed by atoms with Crippen LogP contribution in [0.1, 0.15) is 24.4 Å². The van der Waals surface area contributed by atoms with E-state index in [0.717, 1.165) is 48.9 Å². The summed E-state index contributed by atoms with van der Waals surface area (Å²) in [5.74, 6) is 2.60. The van der Waals surface area contributed by atoms with Crippen molar-refractivity contribution in [3.63, 3.8) is 0 Å². The Hall–Kier alpha value is -2.47. The van der Waals surface area contributed by atoms with E-state index >= 15 is 0 Å². The topological polar surface area (TPSA) is 66.7 Å². The van der Waals surface area contributed by atoms with Crippen molar-refractivity contribution in [3.8, 4) is 5.75 Å². The monoisotopic (exact) mass is 357 g/mol. The van der Waals surface area contributed by atoms with Gasteiger partial charge in [-0.3, -0.25) is 0 Å². The van der Waals surface area contributed by atoms with E-state index in [2.05, 4.69) is 22.6 Å². The number of piperidine rings is 1. The fraction of sp³-hybridized carbons (Fsp3) is 0.450. The Labute approximate surface area is 154 Å². The number of nitrogens with zero attached hydrogens (tertiary/aromatic N) is 1. The van der Waals surface area contributed by atoms with Gasteiger partial charge in [-0.05, 0) is 63.2 Å². The minimum Gasteiger partial charge on any atom is -0.490 e. The molecule has 2 heterocycles. The Kier molecular flexibility index (Phi) is 6.17. The highest BCUT2D eigenvalue weighted by molar-refractivity contribution is 5.89. The van der Waals surface area contributed by atoms with Gasteiger partial charge in [0.2, 0.25) is 0 Å². The first kappa shape index (κ1) is 18.3. The number of hydrogen-bond acceptors (Lipinski definition) is 4. The minimum atomic E-state index is -0.225. The molecule has 0 saturated carbocycles. The summed E-state index contributed by atoms with van der Waals surface area (Å²) in [5, 5.41) is 5.65. The Morgan fingerprint density at radius 2 is 1.92 bits per heavy atom. The lowest BCUT2D eigenvalue weighted by Crippen LogP contribution is -2.35. The zero-order chi connectivity index (χ0) is 18.4. The maximum Gasteiger partial charge on any atom is 0.319 e. The smallest absolute Gasteiger partial charge is 0.319 e. The van der Waals surface area contributed by atoms with E-state index in [0.29, 0.717) is 13.0 Å². The van der Waals surface area contributed by atoms with E-state index in [-0.39, 0.29) is 12.1 Å². The Bertz CT molecular complexity index is 703. The summed E-state index contributed by atoms with van der Waals surface area (Å²) in [7, 11) is 2.14. The highest BCUT2D eigenvalue weighted by Crippen LogP contribution is 2.20. The normalized spacial score (nSPS) is 15.6. The maximum atomic E-state index is 12.0.